The van der Waals surface area contributed by atoms with Gasteiger partial charge in [-0.3, -0.25) is 19.4 Å². The number of amides is 3. The highest BCUT2D eigenvalue weighted by Gasteiger charge is 2.55. The largest absolute Gasteiger partial charge is 0.456 e. The summed E-state index contributed by atoms with van der Waals surface area (Å²) in [5.74, 6) is -0.399. The Morgan fingerprint density at radius 3 is 2.00 bits per heavy atom. The molecule has 0 radical (unpaired) electrons. The van der Waals surface area contributed by atoms with Crippen molar-refractivity contribution in [1.29, 1.82) is 0 Å². The highest BCUT2D eigenvalue weighted by molar-refractivity contribution is 6.00. The summed E-state index contributed by atoms with van der Waals surface area (Å²) in [7, 11) is 9.36. The van der Waals surface area contributed by atoms with Crippen molar-refractivity contribution in [2.45, 2.75) is 19.4 Å². The normalized spacial score (nSPS) is 15.3. The van der Waals surface area contributed by atoms with Crippen molar-refractivity contribution in [3.63, 3.8) is 0 Å². The number of esters is 1. The van der Waals surface area contributed by atoms with E-state index in [1.54, 1.807) is 50.6 Å². The summed E-state index contributed by atoms with van der Waals surface area (Å²) in [5.41, 5.74) is 3.52. The minimum Gasteiger partial charge on any atom is -0.456 e. The van der Waals surface area contributed by atoms with Gasteiger partial charge in [0.15, 0.2) is 5.60 Å². The highest BCUT2D eigenvalue weighted by Crippen LogP contribution is 2.58. The smallest absolute Gasteiger partial charge is 0.340 e. The van der Waals surface area contributed by atoms with Crippen molar-refractivity contribution in [3.05, 3.63) is 125 Å². The average Bonchev–Trinajstić information content (AvgIpc) is 3.57. The van der Waals surface area contributed by atoms with Crippen LogP contribution in [0.3, 0.4) is 0 Å². The molecule has 1 saturated heterocycles. The number of pyridine rings is 1. The van der Waals surface area contributed by atoms with Crippen LogP contribution in [0.1, 0.15) is 35.3 Å². The molecular weight excluding hydrogens is 805 g/mol. The molecule has 2 aliphatic heterocycles. The summed E-state index contributed by atoms with van der Waals surface area (Å²) < 4.78 is 12.8. The lowest BCUT2D eigenvalue weighted by Crippen LogP contribution is -2.41. The van der Waals surface area contributed by atoms with Crippen LogP contribution in [0.5, 0.6) is 11.5 Å². The van der Waals surface area contributed by atoms with Gasteiger partial charge in [-0.05, 0) is 55.5 Å². The molecule has 5 aromatic rings. The SMILES string of the molecule is CC=C1/C(=C\C=C\C(=O)N(C)C[C@H](C)C(=O)NCCNC(=O)c2ccc(-c3nnc(-c4ncccn4)nn3)nc2)C(=O)OC12c1ccc(N(C)C)cc1Oc1cc(N(C)C)ccc12. The molecule has 0 bridgehead atoms. The number of carbonyl (C=O) groups excluding carboxylic acids is 4. The zero-order valence-electron chi connectivity index (χ0n) is 35.9. The second-order valence-corrected chi connectivity index (χ2v) is 15.2. The zero-order valence-corrected chi connectivity index (χ0v) is 35.9. The monoisotopic (exact) mass is 850 g/mol. The summed E-state index contributed by atoms with van der Waals surface area (Å²) in [4.78, 5) is 70.3. The molecule has 18 nitrogen and oxygen atoms in total. The molecule has 0 aliphatic carbocycles. The van der Waals surface area contributed by atoms with Crippen molar-refractivity contribution >= 4 is 35.1 Å². The van der Waals surface area contributed by atoms with Crippen molar-refractivity contribution in [1.82, 2.24) is 50.9 Å². The third kappa shape index (κ3) is 8.95. The van der Waals surface area contributed by atoms with Gasteiger partial charge in [-0.1, -0.05) is 19.1 Å². The van der Waals surface area contributed by atoms with Crippen LogP contribution in [-0.4, -0.2) is 119 Å². The van der Waals surface area contributed by atoms with Crippen LogP contribution in [0.15, 0.2) is 109 Å². The number of aromatic nitrogens is 7. The molecule has 3 aromatic heterocycles. The molecule has 63 heavy (non-hydrogen) atoms. The van der Waals surface area contributed by atoms with Gasteiger partial charge in [0.25, 0.3) is 5.91 Å². The quantitative estimate of drug-likeness (QED) is 0.0978. The van der Waals surface area contributed by atoms with E-state index >= 15 is 0 Å². The Bertz CT molecular complexity index is 2570. The average molecular weight is 851 g/mol. The molecule has 1 fully saturated rings. The summed E-state index contributed by atoms with van der Waals surface area (Å²) in [5, 5.41) is 21.6. The van der Waals surface area contributed by atoms with Gasteiger partial charge in [0.1, 0.15) is 17.2 Å². The molecular formula is C45H46N12O6. The second-order valence-electron chi connectivity index (χ2n) is 15.2. The first-order valence-corrected chi connectivity index (χ1v) is 20.0. The maximum absolute atomic E-state index is 13.7. The van der Waals surface area contributed by atoms with Crippen LogP contribution in [-0.2, 0) is 24.7 Å². The van der Waals surface area contributed by atoms with Gasteiger partial charge in [-0.25, -0.2) is 14.8 Å². The Morgan fingerprint density at radius 2 is 1.41 bits per heavy atom. The number of ether oxygens (including phenoxy) is 2. The zero-order chi connectivity index (χ0) is 44.8. The molecule has 1 spiro atoms. The minimum atomic E-state index is -1.28. The predicted molar refractivity (Wildman–Crippen MR) is 233 cm³/mol. The third-order valence-corrected chi connectivity index (χ3v) is 10.4. The van der Waals surface area contributed by atoms with Crippen LogP contribution >= 0.6 is 0 Å². The van der Waals surface area contributed by atoms with E-state index in [1.165, 1.54) is 23.2 Å². The molecule has 2 aliphatic rings. The minimum absolute atomic E-state index is 0.121. The number of hydrogen-bond donors (Lipinski definition) is 2. The van der Waals surface area contributed by atoms with E-state index in [0.29, 0.717) is 45.0 Å². The van der Waals surface area contributed by atoms with E-state index in [9.17, 15) is 19.2 Å². The van der Waals surface area contributed by atoms with Gasteiger partial charge in [-0.15, -0.1) is 20.4 Å². The lowest BCUT2D eigenvalue weighted by molar-refractivity contribution is -0.143. The molecule has 3 amide bonds. The van der Waals surface area contributed by atoms with E-state index < -0.39 is 17.5 Å². The number of allylic oxidation sites excluding steroid dienone is 3. The van der Waals surface area contributed by atoms with Gasteiger partial charge in [-0.2, -0.15) is 0 Å². The number of anilines is 2. The second kappa shape index (κ2) is 18.4. The lowest BCUT2D eigenvalue weighted by atomic mass is 9.76. The number of hydrogen-bond acceptors (Lipinski definition) is 15. The van der Waals surface area contributed by atoms with E-state index in [-0.39, 0.29) is 54.8 Å². The number of rotatable bonds is 13. The fourth-order valence-electron chi connectivity index (χ4n) is 7.13. The first-order chi connectivity index (χ1) is 30.3. The summed E-state index contributed by atoms with van der Waals surface area (Å²) in [6.07, 6.45) is 10.8. The third-order valence-electron chi connectivity index (χ3n) is 10.4. The Kier molecular flexibility index (Phi) is 12.6. The fourth-order valence-corrected chi connectivity index (χ4v) is 7.13. The van der Waals surface area contributed by atoms with Crippen LogP contribution in [0.25, 0.3) is 23.2 Å². The van der Waals surface area contributed by atoms with Crippen molar-refractivity contribution in [3.8, 4) is 34.7 Å². The first kappa shape index (κ1) is 43.2. The number of likely N-dealkylation sites (N-methyl/N-ethyl adjacent to an activating group) is 1. The molecule has 5 heterocycles. The van der Waals surface area contributed by atoms with Gasteiger partial charge in [0.05, 0.1) is 17.1 Å². The number of nitrogens with one attached hydrogen (secondary N) is 2. The fraction of sp³-hybridized carbons (Fsp3) is 0.267. The summed E-state index contributed by atoms with van der Waals surface area (Å²) in [6.45, 7) is 3.99. The number of fused-ring (bicyclic) bond motifs is 4. The van der Waals surface area contributed by atoms with Crippen molar-refractivity contribution < 1.29 is 28.7 Å². The molecule has 322 valence electrons. The topological polar surface area (TPSA) is 211 Å². The molecule has 2 N–H and O–H groups in total. The van der Waals surface area contributed by atoms with Crippen molar-refractivity contribution in [2.75, 3.05) is 64.7 Å². The molecule has 0 unspecified atom stereocenters. The Hall–Kier alpha value is -7.89. The molecule has 18 heteroatoms. The highest BCUT2D eigenvalue weighted by atomic mass is 16.6. The molecule has 2 aromatic carbocycles. The van der Waals surface area contributed by atoms with Gasteiger partial charge in [0.2, 0.25) is 29.3 Å². The predicted octanol–water partition coefficient (Wildman–Crippen LogP) is 3.89. The number of nitrogens with zero attached hydrogens (tertiary/aromatic N) is 10. The van der Waals surface area contributed by atoms with Gasteiger partial charge >= 0.3 is 5.97 Å². The van der Waals surface area contributed by atoms with Gasteiger partial charge < -0.3 is 34.8 Å². The van der Waals surface area contributed by atoms with Crippen LogP contribution in [0.2, 0.25) is 0 Å². The van der Waals surface area contributed by atoms with Crippen LogP contribution in [0.4, 0.5) is 11.4 Å². The molecule has 7 rings (SSSR count). The Labute approximate surface area is 363 Å². The number of benzene rings is 2. The molecule has 0 saturated carbocycles. The van der Waals surface area contributed by atoms with E-state index in [2.05, 4.69) is 46.0 Å². The first-order valence-electron chi connectivity index (χ1n) is 20.0. The summed E-state index contributed by atoms with van der Waals surface area (Å²) in [6, 6.07) is 16.4. The van der Waals surface area contributed by atoms with Crippen molar-refractivity contribution in [2.24, 2.45) is 5.92 Å². The van der Waals surface area contributed by atoms with Crippen LogP contribution in [0, 0.1) is 5.92 Å². The van der Waals surface area contributed by atoms with E-state index in [0.717, 1.165) is 11.4 Å². The van der Waals surface area contributed by atoms with Gasteiger partial charge in [0, 0.05) is 120 Å². The lowest BCUT2D eigenvalue weighted by Gasteiger charge is -2.37. The Morgan fingerprint density at radius 1 is 0.794 bits per heavy atom. The maximum Gasteiger partial charge on any atom is 0.340 e. The van der Waals surface area contributed by atoms with Crippen LogP contribution < -0.4 is 25.2 Å². The maximum atomic E-state index is 13.7. The van der Waals surface area contributed by atoms with E-state index in [4.69, 9.17) is 9.47 Å². The molecule has 1 atom stereocenters. The standard InChI is InChI=1S/C45H46N12O6/c1-8-32-31(44(61)63-45(32)33-16-14-29(55(3)4)23-36(33)62-37-24-30(56(5)6)15-17-34(37)45)11-9-12-38(58)57(7)26-27(2)42(59)48-21-22-49-43(60)28-13-18-35(50-25-28)39-51-53-41(54-52-39)40-46-19-10-20-47-40/h8-20,23-25,27H,21-22,26H2,1-7H3,(H,48,59)(H,49,60)/b12-9+,31-11+,32-8?/t27-/m0/s1. The van der Waals surface area contributed by atoms with E-state index in [1.807, 2.05) is 87.4 Å². The summed E-state index contributed by atoms with van der Waals surface area (Å²) >= 11 is 0. The number of carbonyl (C=O) groups is 4. The Balaban J connectivity index is 0.922.